The second-order valence-electron chi connectivity index (χ2n) is 5.05. The number of nitrogens with zero attached hydrogens (tertiary/aromatic N) is 4. The van der Waals surface area contributed by atoms with Crippen LogP contribution in [0.2, 0.25) is 0 Å². The molecule has 0 saturated carbocycles. The van der Waals surface area contributed by atoms with E-state index in [4.69, 9.17) is 4.63 Å². The van der Waals surface area contributed by atoms with Gasteiger partial charge >= 0.3 is 0 Å². The van der Waals surface area contributed by atoms with Crippen molar-refractivity contribution in [3.63, 3.8) is 0 Å². The minimum atomic E-state index is 0.475. The van der Waals surface area contributed by atoms with Crippen molar-refractivity contribution in [1.82, 2.24) is 10.3 Å². The van der Waals surface area contributed by atoms with Crippen molar-refractivity contribution in [2.24, 2.45) is 4.99 Å². The molecule has 0 bridgehead atoms. The maximum absolute atomic E-state index is 4.82. The summed E-state index contributed by atoms with van der Waals surface area (Å²) in [5.41, 5.74) is 3.71. The van der Waals surface area contributed by atoms with Crippen molar-refractivity contribution in [1.29, 1.82) is 0 Å². The molecular formula is C17H16N4O. The molecule has 0 aliphatic carbocycles. The number of benzene rings is 2. The molecule has 0 spiro atoms. The van der Waals surface area contributed by atoms with Crippen LogP contribution < -0.4 is 4.90 Å². The first-order valence-corrected chi connectivity index (χ1v) is 6.93. The molecule has 22 heavy (non-hydrogen) atoms. The van der Waals surface area contributed by atoms with E-state index in [1.165, 1.54) is 0 Å². The van der Waals surface area contributed by atoms with Gasteiger partial charge < -0.3 is 4.90 Å². The van der Waals surface area contributed by atoms with Crippen LogP contribution in [0.1, 0.15) is 5.56 Å². The van der Waals surface area contributed by atoms with E-state index in [0.717, 1.165) is 16.8 Å². The van der Waals surface area contributed by atoms with Gasteiger partial charge in [-0.1, -0.05) is 42.5 Å². The number of anilines is 1. The topological polar surface area (TPSA) is 54.5 Å². The Balaban J connectivity index is 1.83. The lowest BCUT2D eigenvalue weighted by Gasteiger charge is -2.11. The zero-order valence-corrected chi connectivity index (χ0v) is 12.5. The highest BCUT2D eigenvalue weighted by molar-refractivity contribution is 5.84. The van der Waals surface area contributed by atoms with Gasteiger partial charge in [0.1, 0.15) is 0 Å². The molecule has 0 radical (unpaired) electrons. The quantitative estimate of drug-likeness (QED) is 0.690. The van der Waals surface area contributed by atoms with Gasteiger partial charge in [0, 0.05) is 31.6 Å². The van der Waals surface area contributed by atoms with Gasteiger partial charge in [-0.25, -0.2) is 9.62 Å². The number of rotatable bonds is 4. The third kappa shape index (κ3) is 3.03. The van der Waals surface area contributed by atoms with Crippen molar-refractivity contribution in [3.05, 3.63) is 60.2 Å². The summed E-state index contributed by atoms with van der Waals surface area (Å²) in [6, 6.07) is 17.8. The zero-order valence-electron chi connectivity index (χ0n) is 12.5. The molecule has 5 nitrogen and oxygen atoms in total. The summed E-state index contributed by atoms with van der Waals surface area (Å²) in [5.74, 6) is 0.475. The Bertz CT molecular complexity index is 761. The molecule has 1 heterocycles. The number of aromatic nitrogens is 2. The van der Waals surface area contributed by atoms with E-state index in [1.807, 2.05) is 68.7 Å². The van der Waals surface area contributed by atoms with Gasteiger partial charge in [0.15, 0.2) is 5.69 Å². The van der Waals surface area contributed by atoms with E-state index in [2.05, 4.69) is 20.2 Å². The van der Waals surface area contributed by atoms with Gasteiger partial charge in [0.25, 0.3) is 0 Å². The standard InChI is InChI=1S/C17H16N4O/c1-21(2)15-10-8-13(9-11-15)12-18-17-16(19-22-20-17)14-6-4-3-5-7-14/h3-12H,1-2H3. The van der Waals surface area contributed by atoms with Crippen LogP contribution in [-0.4, -0.2) is 30.6 Å². The fourth-order valence-electron chi connectivity index (χ4n) is 2.04. The van der Waals surface area contributed by atoms with E-state index in [0.29, 0.717) is 11.5 Å². The van der Waals surface area contributed by atoms with E-state index >= 15 is 0 Å². The first kappa shape index (κ1) is 14.0. The van der Waals surface area contributed by atoms with Gasteiger partial charge in [0.05, 0.1) is 0 Å². The summed E-state index contributed by atoms with van der Waals surface area (Å²) in [6.07, 6.45) is 1.76. The van der Waals surface area contributed by atoms with Gasteiger partial charge in [0.2, 0.25) is 5.82 Å². The lowest BCUT2D eigenvalue weighted by molar-refractivity contribution is 0.310. The molecule has 0 saturated heterocycles. The Morgan fingerprint density at radius 2 is 1.68 bits per heavy atom. The molecule has 1 aromatic heterocycles. The summed E-state index contributed by atoms with van der Waals surface area (Å²) in [4.78, 5) is 6.43. The molecular weight excluding hydrogens is 276 g/mol. The molecule has 5 heteroatoms. The average Bonchev–Trinajstić information content (AvgIpc) is 3.02. The summed E-state index contributed by atoms with van der Waals surface area (Å²) in [7, 11) is 4.02. The highest BCUT2D eigenvalue weighted by Gasteiger charge is 2.10. The molecule has 0 amide bonds. The SMILES string of the molecule is CN(C)c1ccc(C=Nc2nonc2-c2ccccc2)cc1. The number of aliphatic imine (C=N–C) groups is 1. The Hall–Kier alpha value is -2.95. The minimum absolute atomic E-state index is 0.475. The van der Waals surface area contributed by atoms with Crippen LogP contribution in [0.15, 0.2) is 64.2 Å². The number of hydrogen-bond donors (Lipinski definition) is 0. The van der Waals surface area contributed by atoms with E-state index < -0.39 is 0 Å². The van der Waals surface area contributed by atoms with Crippen molar-refractivity contribution in [2.45, 2.75) is 0 Å². The first-order valence-electron chi connectivity index (χ1n) is 6.93. The molecule has 2 aromatic carbocycles. The Morgan fingerprint density at radius 3 is 2.36 bits per heavy atom. The molecule has 0 unspecified atom stereocenters. The van der Waals surface area contributed by atoms with E-state index in [9.17, 15) is 0 Å². The van der Waals surface area contributed by atoms with Crippen LogP contribution in [0.4, 0.5) is 11.5 Å². The number of hydrogen-bond acceptors (Lipinski definition) is 5. The van der Waals surface area contributed by atoms with Crippen molar-refractivity contribution in [3.8, 4) is 11.3 Å². The Kier molecular flexibility index (Phi) is 3.96. The predicted molar refractivity (Wildman–Crippen MR) is 87.8 cm³/mol. The largest absolute Gasteiger partial charge is 0.378 e. The minimum Gasteiger partial charge on any atom is -0.378 e. The lowest BCUT2D eigenvalue weighted by atomic mass is 10.1. The molecule has 110 valence electrons. The highest BCUT2D eigenvalue weighted by atomic mass is 16.6. The third-order valence-corrected chi connectivity index (χ3v) is 3.26. The molecule has 0 N–H and O–H groups in total. The average molecular weight is 292 g/mol. The van der Waals surface area contributed by atoms with Gasteiger partial charge in [-0.3, -0.25) is 0 Å². The highest BCUT2D eigenvalue weighted by Crippen LogP contribution is 2.26. The van der Waals surface area contributed by atoms with Gasteiger partial charge in [-0.05, 0) is 28.0 Å². The van der Waals surface area contributed by atoms with Crippen LogP contribution in [0.25, 0.3) is 11.3 Å². The Labute approximate surface area is 128 Å². The fraction of sp³-hybridized carbons (Fsp3) is 0.118. The van der Waals surface area contributed by atoms with Crippen LogP contribution in [0, 0.1) is 0 Å². The lowest BCUT2D eigenvalue weighted by Crippen LogP contribution is -2.08. The van der Waals surface area contributed by atoms with Crippen LogP contribution in [-0.2, 0) is 0 Å². The summed E-state index contributed by atoms with van der Waals surface area (Å²) in [5, 5.41) is 7.79. The van der Waals surface area contributed by atoms with Gasteiger partial charge in [-0.2, -0.15) is 0 Å². The molecule has 0 fully saturated rings. The van der Waals surface area contributed by atoms with Crippen molar-refractivity contribution >= 4 is 17.7 Å². The molecule has 3 rings (SSSR count). The fourth-order valence-corrected chi connectivity index (χ4v) is 2.04. The Morgan fingerprint density at radius 1 is 0.955 bits per heavy atom. The zero-order chi connectivity index (χ0) is 15.4. The summed E-state index contributed by atoms with van der Waals surface area (Å²) in [6.45, 7) is 0. The maximum Gasteiger partial charge on any atom is 0.224 e. The van der Waals surface area contributed by atoms with E-state index in [1.54, 1.807) is 6.21 Å². The predicted octanol–water partition coefficient (Wildman–Crippen LogP) is 3.55. The van der Waals surface area contributed by atoms with Crippen LogP contribution in [0.3, 0.4) is 0 Å². The van der Waals surface area contributed by atoms with Crippen LogP contribution in [0.5, 0.6) is 0 Å². The maximum atomic E-state index is 4.82. The van der Waals surface area contributed by atoms with Crippen molar-refractivity contribution < 1.29 is 4.63 Å². The van der Waals surface area contributed by atoms with Crippen LogP contribution >= 0.6 is 0 Å². The second-order valence-corrected chi connectivity index (χ2v) is 5.05. The molecule has 0 aliphatic rings. The summed E-state index contributed by atoms with van der Waals surface area (Å²) < 4.78 is 4.82. The van der Waals surface area contributed by atoms with E-state index in [-0.39, 0.29) is 0 Å². The van der Waals surface area contributed by atoms with Crippen molar-refractivity contribution in [2.75, 3.05) is 19.0 Å². The third-order valence-electron chi connectivity index (χ3n) is 3.26. The molecule has 0 atom stereocenters. The molecule has 3 aromatic rings. The second kappa shape index (κ2) is 6.22. The first-order chi connectivity index (χ1) is 10.7. The smallest absolute Gasteiger partial charge is 0.224 e. The summed E-state index contributed by atoms with van der Waals surface area (Å²) >= 11 is 0. The molecule has 0 aliphatic heterocycles. The van der Waals surface area contributed by atoms with Gasteiger partial charge in [-0.15, -0.1) is 0 Å². The monoisotopic (exact) mass is 292 g/mol. The normalized spacial score (nSPS) is 11.0.